The van der Waals surface area contributed by atoms with Gasteiger partial charge < -0.3 is 9.52 Å². The van der Waals surface area contributed by atoms with E-state index < -0.39 is 5.97 Å². The molecule has 0 atom stereocenters. The first kappa shape index (κ1) is 9.89. The number of carbonyl (C=O) groups is 1. The molecule has 1 saturated carbocycles. The molecule has 5 heteroatoms. The van der Waals surface area contributed by atoms with Crippen LogP contribution in [0.1, 0.15) is 31.0 Å². The number of carboxylic acid groups (broad SMARTS) is 1. The van der Waals surface area contributed by atoms with Crippen molar-refractivity contribution in [2.24, 2.45) is 5.92 Å². The Labute approximate surface area is 86.8 Å². The van der Waals surface area contributed by atoms with Gasteiger partial charge in [-0.1, -0.05) is 6.42 Å². The highest BCUT2D eigenvalue weighted by molar-refractivity contribution is 5.84. The van der Waals surface area contributed by atoms with Crippen LogP contribution in [0.3, 0.4) is 0 Å². The summed E-state index contributed by atoms with van der Waals surface area (Å²) in [6.07, 6.45) is 6.84. The maximum atomic E-state index is 10.2. The van der Waals surface area contributed by atoms with E-state index in [1.165, 1.54) is 25.3 Å². The van der Waals surface area contributed by atoms with Crippen LogP contribution in [0.25, 0.3) is 6.08 Å². The van der Waals surface area contributed by atoms with Crippen LogP contribution in [-0.4, -0.2) is 21.3 Å². The summed E-state index contributed by atoms with van der Waals surface area (Å²) in [5, 5.41) is 16.0. The van der Waals surface area contributed by atoms with Gasteiger partial charge in [-0.3, -0.25) is 0 Å². The van der Waals surface area contributed by atoms with Crippen LogP contribution in [-0.2, 0) is 11.2 Å². The van der Waals surface area contributed by atoms with Crippen LogP contribution >= 0.6 is 0 Å². The maximum Gasteiger partial charge on any atom is 0.328 e. The number of aliphatic carboxylic acids is 1. The lowest BCUT2D eigenvalue weighted by atomic mass is 9.83. The van der Waals surface area contributed by atoms with Crippen LogP contribution in [0, 0.1) is 5.92 Å². The van der Waals surface area contributed by atoms with Crippen molar-refractivity contribution >= 4 is 12.0 Å². The predicted molar refractivity (Wildman–Crippen MR) is 52.0 cm³/mol. The molecule has 1 aliphatic carbocycles. The summed E-state index contributed by atoms with van der Waals surface area (Å²) in [5.41, 5.74) is 0. The van der Waals surface area contributed by atoms with Gasteiger partial charge in [0.1, 0.15) is 0 Å². The van der Waals surface area contributed by atoms with Gasteiger partial charge in [-0.25, -0.2) is 4.79 Å². The summed E-state index contributed by atoms with van der Waals surface area (Å²) in [6, 6.07) is 0. The first-order valence-electron chi connectivity index (χ1n) is 4.97. The van der Waals surface area contributed by atoms with Gasteiger partial charge >= 0.3 is 5.97 Å². The third-order valence-corrected chi connectivity index (χ3v) is 2.54. The molecule has 0 bridgehead atoms. The fraction of sp³-hybridized carbons (Fsp3) is 0.500. The van der Waals surface area contributed by atoms with Crippen LogP contribution in [0.2, 0.25) is 0 Å². The van der Waals surface area contributed by atoms with E-state index in [1.807, 2.05) is 0 Å². The average molecular weight is 208 g/mol. The SMILES string of the molecule is O=C(O)/C=C/c1nnc(CC2CCC2)o1. The highest BCUT2D eigenvalue weighted by Crippen LogP contribution is 2.29. The van der Waals surface area contributed by atoms with Crippen molar-refractivity contribution in [1.29, 1.82) is 0 Å². The molecule has 0 unspecified atom stereocenters. The Morgan fingerprint density at radius 2 is 2.33 bits per heavy atom. The average Bonchev–Trinajstić information content (AvgIpc) is 2.56. The van der Waals surface area contributed by atoms with E-state index >= 15 is 0 Å². The largest absolute Gasteiger partial charge is 0.478 e. The zero-order valence-corrected chi connectivity index (χ0v) is 8.22. The molecular weight excluding hydrogens is 196 g/mol. The molecule has 0 radical (unpaired) electrons. The summed E-state index contributed by atoms with van der Waals surface area (Å²) >= 11 is 0. The molecular formula is C10H12N2O3. The molecule has 80 valence electrons. The van der Waals surface area contributed by atoms with Crippen molar-refractivity contribution in [2.45, 2.75) is 25.7 Å². The molecule has 1 aromatic rings. The van der Waals surface area contributed by atoms with Crippen LogP contribution in [0.4, 0.5) is 0 Å². The quantitative estimate of drug-likeness (QED) is 0.759. The molecule has 0 aromatic carbocycles. The van der Waals surface area contributed by atoms with Gasteiger partial charge in [0.2, 0.25) is 11.8 Å². The number of aromatic nitrogens is 2. The van der Waals surface area contributed by atoms with E-state index in [0.717, 1.165) is 12.5 Å². The molecule has 1 aliphatic rings. The standard InChI is InChI=1S/C10H12N2O3/c13-10(14)5-4-8-11-12-9(15-8)6-7-2-1-3-7/h4-5,7H,1-3,6H2,(H,13,14)/b5-4+. The molecule has 0 spiro atoms. The number of carboxylic acids is 1. The fourth-order valence-electron chi connectivity index (χ4n) is 1.50. The molecule has 0 amide bonds. The minimum Gasteiger partial charge on any atom is -0.478 e. The van der Waals surface area contributed by atoms with Gasteiger partial charge in [0.25, 0.3) is 0 Å². The summed E-state index contributed by atoms with van der Waals surface area (Å²) in [4.78, 5) is 10.2. The first-order valence-corrected chi connectivity index (χ1v) is 4.97. The monoisotopic (exact) mass is 208 g/mol. The summed E-state index contributed by atoms with van der Waals surface area (Å²) in [7, 11) is 0. The smallest absolute Gasteiger partial charge is 0.328 e. The zero-order valence-electron chi connectivity index (χ0n) is 8.22. The fourth-order valence-corrected chi connectivity index (χ4v) is 1.50. The van der Waals surface area contributed by atoms with Crippen LogP contribution in [0.15, 0.2) is 10.5 Å². The van der Waals surface area contributed by atoms with Gasteiger partial charge in [0.05, 0.1) is 0 Å². The molecule has 1 N–H and O–H groups in total. The van der Waals surface area contributed by atoms with Crippen molar-refractivity contribution < 1.29 is 14.3 Å². The molecule has 1 aromatic heterocycles. The Morgan fingerprint density at radius 1 is 1.53 bits per heavy atom. The normalized spacial score (nSPS) is 16.8. The van der Waals surface area contributed by atoms with Gasteiger partial charge in [-0.15, -0.1) is 10.2 Å². The maximum absolute atomic E-state index is 10.2. The first-order chi connectivity index (χ1) is 7.24. The van der Waals surface area contributed by atoms with E-state index in [4.69, 9.17) is 9.52 Å². The van der Waals surface area contributed by atoms with E-state index in [1.54, 1.807) is 0 Å². The summed E-state index contributed by atoms with van der Waals surface area (Å²) in [6.45, 7) is 0. The summed E-state index contributed by atoms with van der Waals surface area (Å²) < 4.78 is 5.27. The molecule has 0 aliphatic heterocycles. The number of nitrogens with zero attached hydrogens (tertiary/aromatic N) is 2. The Bertz CT molecular complexity index is 380. The van der Waals surface area contributed by atoms with Gasteiger partial charge in [-0.2, -0.15) is 0 Å². The Balaban J connectivity index is 1.93. The van der Waals surface area contributed by atoms with E-state index in [0.29, 0.717) is 11.8 Å². The minimum atomic E-state index is -1.02. The van der Waals surface area contributed by atoms with E-state index in [9.17, 15) is 4.79 Å². The van der Waals surface area contributed by atoms with Gasteiger partial charge in [-0.05, 0) is 18.8 Å². The van der Waals surface area contributed by atoms with E-state index in [2.05, 4.69) is 10.2 Å². The number of hydrogen-bond acceptors (Lipinski definition) is 4. The molecule has 0 saturated heterocycles. The number of rotatable bonds is 4. The third kappa shape index (κ3) is 2.65. The Kier molecular flexibility index (Phi) is 2.80. The van der Waals surface area contributed by atoms with Gasteiger partial charge in [0.15, 0.2) is 0 Å². The Morgan fingerprint density at radius 3 is 2.93 bits per heavy atom. The molecule has 1 fully saturated rings. The molecule has 5 nitrogen and oxygen atoms in total. The summed E-state index contributed by atoms with van der Waals surface area (Å²) in [5.74, 6) is 0.506. The molecule has 1 heterocycles. The van der Waals surface area contributed by atoms with E-state index in [-0.39, 0.29) is 5.89 Å². The lowest BCUT2D eigenvalue weighted by Gasteiger charge is -2.23. The second-order valence-corrected chi connectivity index (χ2v) is 3.71. The zero-order chi connectivity index (χ0) is 10.7. The van der Waals surface area contributed by atoms with Crippen LogP contribution in [0.5, 0.6) is 0 Å². The lowest BCUT2D eigenvalue weighted by molar-refractivity contribution is -0.131. The minimum absolute atomic E-state index is 0.256. The highest BCUT2D eigenvalue weighted by Gasteiger charge is 2.20. The molecule has 15 heavy (non-hydrogen) atoms. The van der Waals surface area contributed by atoms with Crippen molar-refractivity contribution in [3.8, 4) is 0 Å². The van der Waals surface area contributed by atoms with Crippen molar-refractivity contribution in [2.75, 3.05) is 0 Å². The van der Waals surface area contributed by atoms with Gasteiger partial charge in [0, 0.05) is 18.6 Å². The second-order valence-electron chi connectivity index (χ2n) is 3.71. The number of hydrogen-bond donors (Lipinski definition) is 1. The topological polar surface area (TPSA) is 76.2 Å². The second kappa shape index (κ2) is 4.25. The predicted octanol–water partition coefficient (Wildman–Crippen LogP) is 1.51. The third-order valence-electron chi connectivity index (χ3n) is 2.54. The van der Waals surface area contributed by atoms with Crippen molar-refractivity contribution in [3.63, 3.8) is 0 Å². The molecule has 2 rings (SSSR count). The lowest BCUT2D eigenvalue weighted by Crippen LogP contribution is -2.13. The Hall–Kier alpha value is -1.65. The van der Waals surface area contributed by atoms with Crippen molar-refractivity contribution in [3.05, 3.63) is 17.9 Å². The highest BCUT2D eigenvalue weighted by atomic mass is 16.4. The van der Waals surface area contributed by atoms with Crippen molar-refractivity contribution in [1.82, 2.24) is 10.2 Å². The van der Waals surface area contributed by atoms with Crippen LogP contribution < -0.4 is 0 Å².